The average Bonchev–Trinajstić information content (AvgIpc) is 2.44. The molecule has 0 bridgehead atoms. The molecule has 0 aromatic carbocycles. The van der Waals surface area contributed by atoms with Crippen LogP contribution in [-0.4, -0.2) is 47.6 Å². The Kier molecular flexibility index (Phi) is 7.40. The molecule has 0 saturated carbocycles. The van der Waals surface area contributed by atoms with Gasteiger partial charge in [0.25, 0.3) is 0 Å². The Morgan fingerprint density at radius 2 is 0.857 bits per heavy atom. The van der Waals surface area contributed by atoms with E-state index in [0.717, 1.165) is 0 Å². The van der Waals surface area contributed by atoms with Gasteiger partial charge in [-0.3, -0.25) is 0 Å². The molecule has 0 saturated heterocycles. The molecule has 0 aliphatic heterocycles. The lowest BCUT2D eigenvalue weighted by Gasteiger charge is -2.40. The van der Waals surface area contributed by atoms with Gasteiger partial charge in [0.2, 0.25) is 0 Å². The number of halogens is 15. The molecule has 0 aliphatic carbocycles. The lowest BCUT2D eigenvalue weighted by Crippen LogP contribution is -2.72. The first-order chi connectivity index (χ1) is 11.9. The second-order valence-electron chi connectivity index (χ2n) is 6.17. The van der Waals surface area contributed by atoms with E-state index in [4.69, 9.17) is 0 Å². The minimum atomic E-state index is -8.19. The van der Waals surface area contributed by atoms with Crippen LogP contribution in [0.5, 0.6) is 0 Å². The van der Waals surface area contributed by atoms with E-state index in [9.17, 15) is 65.9 Å². The normalized spacial score (nSPS) is 16.5. The van der Waals surface area contributed by atoms with Crippen molar-refractivity contribution in [2.24, 2.45) is 5.92 Å². The fraction of sp³-hybridized carbons (Fsp3) is 1.00. The first-order valence-electron chi connectivity index (χ1n) is 7.09. The third-order valence-electron chi connectivity index (χ3n) is 3.50. The van der Waals surface area contributed by atoms with Gasteiger partial charge in [0.05, 0.1) is 14.7 Å². The monoisotopic (exact) mass is 473 g/mol. The summed E-state index contributed by atoms with van der Waals surface area (Å²) in [7, 11) is -3.12. The second kappa shape index (κ2) is 7.57. The van der Waals surface area contributed by atoms with E-state index < -0.39 is 62.1 Å². The van der Waals surface area contributed by atoms with Crippen molar-refractivity contribution in [3.8, 4) is 0 Å². The molecule has 28 heavy (non-hydrogen) atoms. The fourth-order valence-electron chi connectivity index (χ4n) is 1.70. The van der Waals surface area contributed by atoms with Crippen LogP contribution in [-0.2, 0) is 0 Å². The van der Waals surface area contributed by atoms with Crippen LogP contribution in [0.25, 0.3) is 0 Å². The predicted octanol–water partition coefficient (Wildman–Crippen LogP) is 6.77. The summed E-state index contributed by atoms with van der Waals surface area (Å²) < 4.78 is 193. The highest BCUT2D eigenvalue weighted by atomic mass is 31.1. The van der Waals surface area contributed by atoms with Crippen LogP contribution in [0, 0.1) is 5.92 Å². The van der Waals surface area contributed by atoms with Crippen LogP contribution >= 0.6 is 8.58 Å². The maximum atomic E-state index is 13.4. The third-order valence-corrected chi connectivity index (χ3v) is 4.99. The smallest absolute Gasteiger partial charge is 0.192 e. The average molecular weight is 473 g/mol. The highest BCUT2D eigenvalue weighted by molar-refractivity contribution is 7.39. The Morgan fingerprint density at radius 1 is 0.536 bits per heavy atom. The highest BCUT2D eigenvalue weighted by Gasteiger charge is 2.94. The molecular weight excluding hydrogens is 460 g/mol. The van der Waals surface area contributed by atoms with Crippen LogP contribution in [0.4, 0.5) is 65.9 Å². The van der Waals surface area contributed by atoms with Crippen LogP contribution in [0.2, 0.25) is 0 Å². The predicted molar refractivity (Wildman–Crippen MR) is 69.8 cm³/mol. The standard InChI is InChI=1S/C12H12F15P/c1-5(2)3-4-28-12(26,27)10(21,22)8(17,18)6(13,14)7(15,16)9(19,20)11(23,24)25/h5,28H,3-4H2,1-2H3/p+1. The van der Waals surface area contributed by atoms with Crippen molar-refractivity contribution in [2.75, 3.05) is 6.16 Å². The van der Waals surface area contributed by atoms with Gasteiger partial charge in [-0.15, -0.1) is 0 Å². The number of hydrogen-bond acceptors (Lipinski definition) is 0. The Hall–Kier alpha value is -0.620. The molecule has 0 amide bonds. The van der Waals surface area contributed by atoms with E-state index in [1.54, 1.807) is 0 Å². The second-order valence-corrected chi connectivity index (χ2v) is 7.88. The topological polar surface area (TPSA) is 0 Å². The first kappa shape index (κ1) is 27.4. The van der Waals surface area contributed by atoms with Gasteiger partial charge in [0.1, 0.15) is 0 Å². The summed E-state index contributed by atoms with van der Waals surface area (Å²) >= 11 is 0. The molecule has 0 nitrogen and oxygen atoms in total. The molecule has 0 aliphatic rings. The zero-order valence-electron chi connectivity index (χ0n) is 13.7. The summed E-state index contributed by atoms with van der Waals surface area (Å²) in [6.45, 7) is 2.75. The summed E-state index contributed by atoms with van der Waals surface area (Å²) in [6, 6.07) is 0. The lowest BCUT2D eigenvalue weighted by atomic mass is 9.94. The van der Waals surface area contributed by atoms with E-state index in [2.05, 4.69) is 0 Å². The highest BCUT2D eigenvalue weighted by Crippen LogP contribution is 2.64. The Balaban J connectivity index is 6.17. The maximum absolute atomic E-state index is 13.4. The van der Waals surface area contributed by atoms with Crippen LogP contribution < -0.4 is 0 Å². The van der Waals surface area contributed by atoms with Crippen molar-refractivity contribution < 1.29 is 65.9 Å². The molecular formula is C12H13F15P+. The van der Waals surface area contributed by atoms with E-state index >= 15 is 0 Å². The van der Waals surface area contributed by atoms with Gasteiger partial charge in [-0.2, -0.15) is 65.9 Å². The van der Waals surface area contributed by atoms with Gasteiger partial charge >= 0.3 is 41.5 Å². The van der Waals surface area contributed by atoms with E-state index in [-0.39, 0.29) is 6.42 Å². The summed E-state index contributed by atoms with van der Waals surface area (Å²) in [5.74, 6) is -40.0. The van der Waals surface area contributed by atoms with Crippen molar-refractivity contribution >= 4 is 8.58 Å². The Bertz CT molecular complexity index is 534. The molecule has 0 heterocycles. The Labute approximate surface area is 149 Å². The summed E-state index contributed by atoms with van der Waals surface area (Å²) in [6.07, 6.45) is -8.77. The van der Waals surface area contributed by atoms with E-state index in [1.165, 1.54) is 13.8 Å². The van der Waals surface area contributed by atoms with Gasteiger partial charge in [0, 0.05) is 0 Å². The molecule has 170 valence electrons. The molecule has 1 unspecified atom stereocenters. The molecule has 0 aromatic rings. The van der Waals surface area contributed by atoms with Crippen molar-refractivity contribution in [1.29, 1.82) is 0 Å². The maximum Gasteiger partial charge on any atom is 0.460 e. The molecule has 0 N–H and O–H groups in total. The molecule has 0 rings (SSSR count). The molecule has 0 spiro atoms. The molecule has 0 fully saturated rings. The molecule has 0 radical (unpaired) electrons. The zero-order valence-corrected chi connectivity index (χ0v) is 14.9. The molecule has 0 aromatic heterocycles. The molecule has 16 heteroatoms. The van der Waals surface area contributed by atoms with Gasteiger partial charge in [-0.25, -0.2) is 0 Å². The van der Waals surface area contributed by atoms with Gasteiger partial charge < -0.3 is 0 Å². The van der Waals surface area contributed by atoms with Gasteiger partial charge in [-0.1, -0.05) is 13.8 Å². The summed E-state index contributed by atoms with van der Waals surface area (Å²) in [4.78, 5) is 0. The van der Waals surface area contributed by atoms with Crippen LogP contribution in [0.1, 0.15) is 20.3 Å². The first-order valence-corrected chi connectivity index (χ1v) is 8.49. The van der Waals surface area contributed by atoms with Crippen molar-refractivity contribution in [2.45, 2.75) is 61.7 Å². The SMILES string of the molecule is CC(C)CC[PH2+]C(F)(F)C(F)(F)C(F)(F)C(F)(F)C(F)(F)C(F)(F)C(F)(F)F. The fourth-order valence-corrected chi connectivity index (χ4v) is 3.34. The number of rotatable bonds is 9. The Morgan fingerprint density at radius 3 is 1.18 bits per heavy atom. The zero-order chi connectivity index (χ0) is 23.2. The molecule has 1 atom stereocenters. The van der Waals surface area contributed by atoms with Crippen LogP contribution in [0.15, 0.2) is 0 Å². The van der Waals surface area contributed by atoms with Crippen LogP contribution in [0.3, 0.4) is 0 Å². The van der Waals surface area contributed by atoms with Crippen molar-refractivity contribution in [1.82, 2.24) is 0 Å². The summed E-state index contributed by atoms with van der Waals surface area (Å²) in [5, 5.41) is 0. The summed E-state index contributed by atoms with van der Waals surface area (Å²) in [5.41, 5.74) is -6.04. The van der Waals surface area contributed by atoms with Gasteiger partial charge in [0.15, 0.2) is 0 Å². The lowest BCUT2D eigenvalue weighted by molar-refractivity contribution is -0.447. The number of hydrogen-bond donors (Lipinski definition) is 0. The van der Waals surface area contributed by atoms with Gasteiger partial charge in [-0.05, 0) is 12.3 Å². The largest absolute Gasteiger partial charge is 0.460 e. The number of alkyl halides is 15. The van der Waals surface area contributed by atoms with Crippen molar-refractivity contribution in [3.05, 3.63) is 0 Å². The van der Waals surface area contributed by atoms with E-state index in [0.29, 0.717) is 0 Å². The third kappa shape index (κ3) is 4.14. The van der Waals surface area contributed by atoms with E-state index in [1.807, 2.05) is 0 Å². The van der Waals surface area contributed by atoms with Crippen molar-refractivity contribution in [3.63, 3.8) is 0 Å². The quantitative estimate of drug-likeness (QED) is 0.256. The minimum absolute atomic E-state index is 0.286. The minimum Gasteiger partial charge on any atom is -0.192 e.